The first-order valence-electron chi connectivity index (χ1n) is 7.96. The van der Waals surface area contributed by atoms with E-state index < -0.39 is 23.7 Å². The molecule has 1 aliphatic rings. The van der Waals surface area contributed by atoms with Gasteiger partial charge in [-0.1, -0.05) is 36.4 Å². The molecule has 3 rings (SSSR count). The second kappa shape index (κ2) is 6.82. The van der Waals surface area contributed by atoms with Crippen molar-refractivity contribution in [1.82, 2.24) is 15.2 Å². The Bertz CT molecular complexity index is 884. The summed E-state index contributed by atoms with van der Waals surface area (Å²) in [4.78, 5) is 32.8. The number of hydrogen-bond acceptors (Lipinski definition) is 4. The summed E-state index contributed by atoms with van der Waals surface area (Å²) < 4.78 is 41.5. The van der Waals surface area contributed by atoms with Crippen LogP contribution in [0, 0.1) is 0 Å². The summed E-state index contributed by atoms with van der Waals surface area (Å²) in [6.07, 6.45) is -2.15. The van der Waals surface area contributed by atoms with E-state index in [4.69, 9.17) is 0 Å². The zero-order valence-corrected chi connectivity index (χ0v) is 14.2. The highest BCUT2D eigenvalue weighted by Crippen LogP contribution is 2.38. The molecule has 0 aliphatic carbocycles. The normalized spacial score (nSPS) is 19.8. The molecule has 0 unspecified atom stereocenters. The molecule has 2 aromatic rings. The first-order chi connectivity index (χ1) is 12.7. The summed E-state index contributed by atoms with van der Waals surface area (Å²) >= 11 is 0. The van der Waals surface area contributed by atoms with Gasteiger partial charge in [0.1, 0.15) is 5.84 Å². The minimum Gasteiger partial charge on any atom is -0.317 e. The number of rotatable bonds is 4. The molecule has 1 N–H and O–H groups in total. The van der Waals surface area contributed by atoms with Crippen LogP contribution in [-0.4, -0.2) is 39.4 Å². The summed E-state index contributed by atoms with van der Waals surface area (Å²) in [5.41, 5.74) is -2.51. The smallest absolute Gasteiger partial charge is 0.317 e. The molecule has 6 nitrogen and oxygen atoms in total. The predicted molar refractivity (Wildman–Crippen MR) is 90.4 cm³/mol. The third-order valence-corrected chi connectivity index (χ3v) is 3.95. The first-order valence-corrected chi connectivity index (χ1v) is 7.96. The number of halogens is 3. The molecule has 2 amide bonds. The molecule has 0 radical (unpaired) electrons. The Balaban J connectivity index is 2.13. The van der Waals surface area contributed by atoms with Crippen molar-refractivity contribution in [3.8, 4) is 0 Å². The van der Waals surface area contributed by atoms with E-state index in [0.29, 0.717) is 11.1 Å². The highest BCUT2D eigenvalue weighted by molar-refractivity contribution is 6.16. The highest BCUT2D eigenvalue weighted by Gasteiger charge is 2.66. The lowest BCUT2D eigenvalue weighted by atomic mass is 10.1. The van der Waals surface area contributed by atoms with Gasteiger partial charge < -0.3 is 5.32 Å². The third kappa shape index (κ3) is 3.40. The highest BCUT2D eigenvalue weighted by atomic mass is 19.4. The van der Waals surface area contributed by atoms with Gasteiger partial charge in [0.25, 0.3) is 5.91 Å². The number of aliphatic imine (C=N–C) groups is 1. The van der Waals surface area contributed by atoms with Crippen LogP contribution in [-0.2, 0) is 16.1 Å². The van der Waals surface area contributed by atoms with Crippen LogP contribution in [0.2, 0.25) is 0 Å². The molecule has 1 atom stereocenters. The number of benzene rings is 1. The van der Waals surface area contributed by atoms with Crippen LogP contribution in [0.1, 0.15) is 18.1 Å². The van der Waals surface area contributed by atoms with Gasteiger partial charge in [-0.3, -0.25) is 19.5 Å². The molecule has 0 saturated heterocycles. The second-order valence-corrected chi connectivity index (χ2v) is 5.94. The lowest BCUT2D eigenvalue weighted by Crippen LogP contribution is -2.63. The number of pyridine rings is 1. The second-order valence-electron chi connectivity index (χ2n) is 5.94. The van der Waals surface area contributed by atoms with Gasteiger partial charge in [-0.2, -0.15) is 13.2 Å². The predicted octanol–water partition coefficient (Wildman–Crippen LogP) is 2.27. The molecule has 27 heavy (non-hydrogen) atoms. The zero-order valence-electron chi connectivity index (χ0n) is 14.2. The van der Waals surface area contributed by atoms with Crippen molar-refractivity contribution >= 4 is 17.6 Å². The van der Waals surface area contributed by atoms with Gasteiger partial charge in [-0.25, -0.2) is 4.99 Å². The molecule has 0 bridgehead atoms. The van der Waals surface area contributed by atoms with Gasteiger partial charge in [-0.15, -0.1) is 0 Å². The number of hydrogen-bond donors (Lipinski definition) is 1. The lowest BCUT2D eigenvalue weighted by Gasteiger charge is -2.28. The molecule has 0 saturated carbocycles. The quantitative estimate of drug-likeness (QED) is 0.890. The maximum atomic E-state index is 13.8. The van der Waals surface area contributed by atoms with Gasteiger partial charge in [0, 0.05) is 24.9 Å². The SMILES string of the molecule is CC(=O)N[C@@]1(C(F)(F)F)N=C(c2ccccc2)N(Cc2cccnc2)C1=O. The number of aromatic nitrogens is 1. The van der Waals surface area contributed by atoms with Crippen molar-refractivity contribution in [3.05, 3.63) is 66.0 Å². The largest absolute Gasteiger partial charge is 0.442 e. The third-order valence-electron chi connectivity index (χ3n) is 3.95. The van der Waals surface area contributed by atoms with E-state index in [-0.39, 0.29) is 12.4 Å². The molecular weight excluding hydrogens is 361 g/mol. The van der Waals surface area contributed by atoms with Crippen molar-refractivity contribution in [2.45, 2.75) is 25.3 Å². The molecule has 1 aromatic carbocycles. The van der Waals surface area contributed by atoms with E-state index in [1.165, 1.54) is 12.4 Å². The van der Waals surface area contributed by atoms with Gasteiger partial charge >= 0.3 is 11.8 Å². The van der Waals surface area contributed by atoms with Crippen molar-refractivity contribution in [3.63, 3.8) is 0 Å². The minimum atomic E-state index is -5.11. The molecular formula is C18H15F3N4O2. The topological polar surface area (TPSA) is 74.7 Å². The number of alkyl halides is 3. The van der Waals surface area contributed by atoms with Crippen LogP contribution >= 0.6 is 0 Å². The Labute approximate surface area is 152 Å². The van der Waals surface area contributed by atoms with Crippen LogP contribution in [0.3, 0.4) is 0 Å². The summed E-state index contributed by atoms with van der Waals surface area (Å²) in [6, 6.07) is 11.3. The number of nitrogens with zero attached hydrogens (tertiary/aromatic N) is 3. The number of amides is 2. The molecule has 9 heteroatoms. The average molecular weight is 376 g/mol. The van der Waals surface area contributed by atoms with E-state index >= 15 is 0 Å². The van der Waals surface area contributed by atoms with Crippen LogP contribution in [0.5, 0.6) is 0 Å². The Morgan fingerprint density at radius 1 is 1.19 bits per heavy atom. The molecule has 140 valence electrons. The van der Waals surface area contributed by atoms with Crippen LogP contribution in [0.15, 0.2) is 59.9 Å². The molecule has 2 heterocycles. The monoisotopic (exact) mass is 376 g/mol. The molecule has 0 spiro atoms. The summed E-state index contributed by atoms with van der Waals surface area (Å²) in [5.74, 6) is -2.55. The maximum Gasteiger partial charge on any atom is 0.442 e. The van der Waals surface area contributed by atoms with Crippen molar-refractivity contribution in [2.75, 3.05) is 0 Å². The van der Waals surface area contributed by atoms with Crippen molar-refractivity contribution in [2.24, 2.45) is 4.99 Å². The van der Waals surface area contributed by atoms with E-state index in [1.54, 1.807) is 47.8 Å². The van der Waals surface area contributed by atoms with E-state index in [2.05, 4.69) is 9.98 Å². The van der Waals surface area contributed by atoms with Crippen LogP contribution < -0.4 is 5.32 Å². The van der Waals surface area contributed by atoms with Crippen LogP contribution in [0.4, 0.5) is 13.2 Å². The van der Waals surface area contributed by atoms with Crippen molar-refractivity contribution in [1.29, 1.82) is 0 Å². The number of carbonyl (C=O) groups excluding carboxylic acids is 2. The minimum absolute atomic E-state index is 0.169. The van der Waals surface area contributed by atoms with Gasteiger partial charge in [0.15, 0.2) is 0 Å². The summed E-state index contributed by atoms with van der Waals surface area (Å²) in [6.45, 7) is 0.736. The van der Waals surface area contributed by atoms with Gasteiger partial charge in [0.05, 0.1) is 6.54 Å². The van der Waals surface area contributed by atoms with E-state index in [9.17, 15) is 22.8 Å². The Morgan fingerprint density at radius 3 is 2.44 bits per heavy atom. The average Bonchev–Trinajstić information content (AvgIpc) is 2.90. The first kappa shape index (κ1) is 18.6. The lowest BCUT2D eigenvalue weighted by molar-refractivity contribution is -0.200. The Morgan fingerprint density at radius 2 is 1.89 bits per heavy atom. The molecule has 1 aromatic heterocycles. The summed E-state index contributed by atoms with van der Waals surface area (Å²) in [5, 5.41) is 1.70. The fourth-order valence-corrected chi connectivity index (χ4v) is 2.78. The maximum absolute atomic E-state index is 13.8. The number of amidine groups is 1. The standard InChI is InChI=1S/C18H15F3N4O2/c1-12(26)23-17(18(19,20)21)16(27)25(11-13-6-5-9-22-10-13)15(24-17)14-7-3-2-4-8-14/h2-10H,11H2,1H3,(H,23,26)/t17-/m1/s1. The number of nitrogens with one attached hydrogen (secondary N) is 1. The summed E-state index contributed by atoms with van der Waals surface area (Å²) in [7, 11) is 0. The Kier molecular flexibility index (Phi) is 4.69. The molecule has 0 fully saturated rings. The zero-order chi connectivity index (χ0) is 19.7. The fourth-order valence-electron chi connectivity index (χ4n) is 2.78. The van der Waals surface area contributed by atoms with E-state index in [1.807, 2.05) is 0 Å². The van der Waals surface area contributed by atoms with Gasteiger partial charge in [0.2, 0.25) is 5.91 Å². The fraction of sp³-hybridized carbons (Fsp3) is 0.222. The Hall–Kier alpha value is -3.23. The van der Waals surface area contributed by atoms with E-state index in [0.717, 1.165) is 11.8 Å². The van der Waals surface area contributed by atoms with Gasteiger partial charge in [-0.05, 0) is 11.6 Å². The number of carbonyl (C=O) groups is 2. The van der Waals surface area contributed by atoms with Crippen molar-refractivity contribution < 1.29 is 22.8 Å². The molecule has 1 aliphatic heterocycles. The van der Waals surface area contributed by atoms with Crippen LogP contribution in [0.25, 0.3) is 0 Å².